The second kappa shape index (κ2) is 5.78. The number of hydrogen-bond donors (Lipinski definition) is 1. The molecular formula is C10H13NO6S. The van der Waals surface area contributed by atoms with E-state index in [1.807, 2.05) is 0 Å². The van der Waals surface area contributed by atoms with Crippen molar-refractivity contribution in [2.45, 2.75) is 11.3 Å². The summed E-state index contributed by atoms with van der Waals surface area (Å²) in [4.78, 5) is 9.83. The summed E-state index contributed by atoms with van der Waals surface area (Å²) in [5.41, 5.74) is -0.243. The van der Waals surface area contributed by atoms with Crippen molar-refractivity contribution in [2.75, 3.05) is 19.5 Å². The minimum absolute atomic E-state index is 0.0675. The molecular weight excluding hydrogens is 262 g/mol. The average Bonchev–Trinajstić information content (AvgIpc) is 2.35. The number of nitro groups is 1. The third kappa shape index (κ3) is 3.17. The molecule has 0 aliphatic carbocycles. The van der Waals surface area contributed by atoms with Crippen molar-refractivity contribution in [1.29, 1.82) is 0 Å². The van der Waals surface area contributed by atoms with Crippen molar-refractivity contribution in [3.63, 3.8) is 0 Å². The molecule has 0 saturated heterocycles. The first-order chi connectivity index (χ1) is 8.42. The van der Waals surface area contributed by atoms with Crippen LogP contribution in [0, 0.1) is 10.1 Å². The molecule has 0 radical (unpaired) electrons. The number of non-ortho nitro benzene ring substituents is 1. The first kappa shape index (κ1) is 14.4. The Kier molecular flexibility index (Phi) is 4.62. The molecule has 0 atom stereocenters. The van der Waals surface area contributed by atoms with Gasteiger partial charge in [0, 0.05) is 12.7 Å². The molecule has 1 N–H and O–H groups in total. The van der Waals surface area contributed by atoms with Crippen LogP contribution in [0.25, 0.3) is 0 Å². The second-order valence-electron chi connectivity index (χ2n) is 3.49. The van der Waals surface area contributed by atoms with Crippen LogP contribution in [0.3, 0.4) is 0 Å². The fourth-order valence-electron chi connectivity index (χ4n) is 1.39. The van der Waals surface area contributed by atoms with E-state index in [2.05, 4.69) is 0 Å². The van der Waals surface area contributed by atoms with Crippen molar-refractivity contribution in [3.05, 3.63) is 28.3 Å². The Bertz CT molecular complexity index is 539. The van der Waals surface area contributed by atoms with Gasteiger partial charge in [-0.15, -0.1) is 0 Å². The molecule has 8 heteroatoms. The molecule has 0 aliphatic rings. The highest BCUT2D eigenvalue weighted by Gasteiger charge is 2.21. The van der Waals surface area contributed by atoms with E-state index in [9.17, 15) is 18.5 Å². The zero-order valence-corrected chi connectivity index (χ0v) is 10.5. The van der Waals surface area contributed by atoms with E-state index in [0.29, 0.717) is 0 Å². The maximum Gasteiger partial charge on any atom is 0.273 e. The predicted octanol–water partition coefficient (Wildman–Crippen LogP) is 0.760. The Labute approximate surface area is 104 Å². The number of aliphatic hydroxyl groups is 1. The predicted molar refractivity (Wildman–Crippen MR) is 63.4 cm³/mol. The maximum absolute atomic E-state index is 11.9. The van der Waals surface area contributed by atoms with Crippen molar-refractivity contribution >= 4 is 15.5 Å². The zero-order chi connectivity index (χ0) is 13.8. The Hall–Kier alpha value is -1.67. The minimum atomic E-state index is -3.62. The lowest BCUT2D eigenvalue weighted by Gasteiger charge is -2.08. The van der Waals surface area contributed by atoms with Gasteiger partial charge in [-0.3, -0.25) is 10.1 Å². The molecule has 0 bridgehead atoms. The van der Waals surface area contributed by atoms with Gasteiger partial charge >= 0.3 is 0 Å². The van der Waals surface area contributed by atoms with E-state index in [1.165, 1.54) is 7.11 Å². The van der Waals surface area contributed by atoms with Crippen LogP contribution in [0.1, 0.15) is 6.42 Å². The number of sulfone groups is 1. The lowest BCUT2D eigenvalue weighted by atomic mass is 10.3. The molecule has 0 unspecified atom stereocenters. The lowest BCUT2D eigenvalue weighted by Crippen LogP contribution is -2.10. The van der Waals surface area contributed by atoms with Gasteiger partial charge in [-0.05, 0) is 12.5 Å². The van der Waals surface area contributed by atoms with Gasteiger partial charge in [0.2, 0.25) is 0 Å². The van der Waals surface area contributed by atoms with Crippen LogP contribution < -0.4 is 4.74 Å². The molecule has 1 rings (SSSR count). The number of ether oxygens (including phenoxy) is 1. The molecule has 0 amide bonds. The zero-order valence-electron chi connectivity index (χ0n) is 9.70. The van der Waals surface area contributed by atoms with Crippen molar-refractivity contribution in [3.8, 4) is 5.75 Å². The molecule has 0 aromatic heterocycles. The van der Waals surface area contributed by atoms with Crippen molar-refractivity contribution in [1.82, 2.24) is 0 Å². The molecule has 0 aliphatic heterocycles. The van der Waals surface area contributed by atoms with Gasteiger partial charge in [-0.25, -0.2) is 8.42 Å². The van der Waals surface area contributed by atoms with Gasteiger partial charge in [-0.2, -0.15) is 0 Å². The largest absolute Gasteiger partial charge is 0.495 e. The fourth-order valence-corrected chi connectivity index (χ4v) is 2.84. The molecule has 0 spiro atoms. The van der Waals surface area contributed by atoms with Gasteiger partial charge in [-0.1, -0.05) is 0 Å². The summed E-state index contributed by atoms with van der Waals surface area (Å²) in [5.74, 6) is -0.306. The number of benzene rings is 1. The van der Waals surface area contributed by atoms with Gasteiger partial charge in [0.15, 0.2) is 9.84 Å². The number of nitrogens with zero attached hydrogens (tertiary/aromatic N) is 1. The van der Waals surface area contributed by atoms with Crippen LogP contribution in [0.4, 0.5) is 5.69 Å². The maximum atomic E-state index is 11.9. The number of aliphatic hydroxyl groups excluding tert-OH is 1. The van der Waals surface area contributed by atoms with Crippen LogP contribution in [0.2, 0.25) is 0 Å². The molecule has 18 heavy (non-hydrogen) atoms. The second-order valence-corrected chi connectivity index (χ2v) is 5.57. The van der Waals surface area contributed by atoms with E-state index < -0.39 is 14.8 Å². The van der Waals surface area contributed by atoms with E-state index in [-0.39, 0.29) is 35.1 Å². The summed E-state index contributed by atoms with van der Waals surface area (Å²) in [6, 6.07) is 3.31. The van der Waals surface area contributed by atoms with Crippen LogP contribution in [-0.2, 0) is 9.84 Å². The van der Waals surface area contributed by atoms with E-state index in [0.717, 1.165) is 18.2 Å². The van der Waals surface area contributed by atoms with E-state index >= 15 is 0 Å². The van der Waals surface area contributed by atoms with Crippen LogP contribution in [0.5, 0.6) is 5.75 Å². The van der Waals surface area contributed by atoms with Gasteiger partial charge in [0.1, 0.15) is 10.6 Å². The fraction of sp³-hybridized carbons (Fsp3) is 0.400. The number of rotatable bonds is 6. The highest BCUT2D eigenvalue weighted by atomic mass is 32.2. The summed E-state index contributed by atoms with van der Waals surface area (Å²) in [5, 5.41) is 19.2. The van der Waals surface area contributed by atoms with Gasteiger partial charge in [0.25, 0.3) is 5.69 Å². The Morgan fingerprint density at radius 3 is 2.61 bits per heavy atom. The van der Waals surface area contributed by atoms with Crippen molar-refractivity contribution in [2.24, 2.45) is 0 Å². The van der Waals surface area contributed by atoms with Gasteiger partial charge < -0.3 is 9.84 Å². The third-order valence-electron chi connectivity index (χ3n) is 2.26. The van der Waals surface area contributed by atoms with Crippen LogP contribution in [-0.4, -0.2) is 37.9 Å². The first-order valence-corrected chi connectivity index (χ1v) is 6.73. The Balaban J connectivity index is 3.21. The molecule has 7 nitrogen and oxygen atoms in total. The standard InChI is InChI=1S/C10H13NO6S/c1-17-9-7-8(11(13)14)3-4-10(9)18(15,16)6-2-5-12/h3-4,7,12H,2,5-6H2,1H3. The molecule has 0 heterocycles. The summed E-state index contributed by atoms with van der Waals surface area (Å²) in [6.45, 7) is -0.242. The summed E-state index contributed by atoms with van der Waals surface area (Å²) < 4.78 is 28.6. The number of nitro benzene ring substituents is 1. The highest BCUT2D eigenvalue weighted by Crippen LogP contribution is 2.29. The number of hydrogen-bond acceptors (Lipinski definition) is 6. The normalized spacial score (nSPS) is 11.2. The molecule has 0 saturated carbocycles. The quantitative estimate of drug-likeness (QED) is 0.606. The summed E-state index contributed by atoms with van der Waals surface area (Å²) in [7, 11) is -2.38. The Morgan fingerprint density at radius 2 is 2.11 bits per heavy atom. The smallest absolute Gasteiger partial charge is 0.273 e. The molecule has 100 valence electrons. The average molecular weight is 275 g/mol. The van der Waals surface area contributed by atoms with Crippen LogP contribution >= 0.6 is 0 Å². The summed E-state index contributed by atoms with van der Waals surface area (Å²) in [6.07, 6.45) is 0.0997. The van der Waals surface area contributed by atoms with Crippen LogP contribution in [0.15, 0.2) is 23.1 Å². The van der Waals surface area contributed by atoms with E-state index in [1.54, 1.807) is 0 Å². The molecule has 1 aromatic carbocycles. The van der Waals surface area contributed by atoms with Gasteiger partial charge in [0.05, 0.1) is 23.9 Å². The SMILES string of the molecule is COc1cc([N+](=O)[O-])ccc1S(=O)(=O)CCCO. The molecule has 1 aromatic rings. The summed E-state index contributed by atoms with van der Waals surface area (Å²) >= 11 is 0. The lowest BCUT2D eigenvalue weighted by molar-refractivity contribution is -0.385. The minimum Gasteiger partial charge on any atom is -0.495 e. The first-order valence-electron chi connectivity index (χ1n) is 5.08. The number of methoxy groups -OCH3 is 1. The topological polar surface area (TPSA) is 107 Å². The highest BCUT2D eigenvalue weighted by molar-refractivity contribution is 7.91. The Morgan fingerprint density at radius 1 is 1.44 bits per heavy atom. The molecule has 0 fully saturated rings. The van der Waals surface area contributed by atoms with Crippen molar-refractivity contribution < 1.29 is 23.2 Å². The monoisotopic (exact) mass is 275 g/mol. The third-order valence-corrected chi connectivity index (χ3v) is 4.10. The van der Waals surface area contributed by atoms with E-state index in [4.69, 9.17) is 9.84 Å².